The summed E-state index contributed by atoms with van der Waals surface area (Å²) in [6, 6.07) is 4.12. The van der Waals surface area contributed by atoms with Crippen molar-refractivity contribution in [3.05, 3.63) is 30.1 Å². The van der Waals surface area contributed by atoms with Gasteiger partial charge >= 0.3 is 0 Å². The number of hydrogen-bond acceptors (Lipinski definition) is 2. The summed E-state index contributed by atoms with van der Waals surface area (Å²) in [6.45, 7) is 2.11. The van der Waals surface area contributed by atoms with Crippen LogP contribution < -0.4 is 5.32 Å². The number of aromatic nitrogens is 2. The molecule has 3 nitrogen and oxygen atoms in total. The van der Waals surface area contributed by atoms with Gasteiger partial charge < -0.3 is 10.3 Å². The minimum absolute atomic E-state index is 0.920. The van der Waals surface area contributed by atoms with E-state index in [2.05, 4.69) is 27.5 Å². The first-order valence-corrected chi connectivity index (χ1v) is 6.05. The number of fused-ring (bicyclic) bond motifs is 1. The summed E-state index contributed by atoms with van der Waals surface area (Å²) in [7, 11) is 0. The molecular formula is C13H17N3. The SMILES string of the molecule is c1cnc2[nH]cc(CNCC3CCC3)c2c1. The molecule has 0 atom stereocenters. The van der Waals surface area contributed by atoms with Crippen LogP contribution >= 0.6 is 0 Å². The van der Waals surface area contributed by atoms with E-state index >= 15 is 0 Å². The summed E-state index contributed by atoms with van der Waals surface area (Å²) in [5.74, 6) is 0.920. The van der Waals surface area contributed by atoms with Gasteiger partial charge in [-0.25, -0.2) is 4.98 Å². The van der Waals surface area contributed by atoms with Gasteiger partial charge in [0.05, 0.1) is 0 Å². The van der Waals surface area contributed by atoms with Crippen LogP contribution in [0.25, 0.3) is 11.0 Å². The molecule has 2 heterocycles. The molecule has 0 aromatic carbocycles. The molecule has 1 saturated carbocycles. The number of rotatable bonds is 4. The van der Waals surface area contributed by atoms with Crippen LogP contribution in [0.5, 0.6) is 0 Å². The van der Waals surface area contributed by atoms with Gasteiger partial charge in [-0.05, 0) is 43.0 Å². The monoisotopic (exact) mass is 215 g/mol. The molecule has 3 rings (SSSR count). The van der Waals surface area contributed by atoms with Crippen molar-refractivity contribution in [2.75, 3.05) is 6.54 Å². The van der Waals surface area contributed by atoms with Gasteiger partial charge in [0, 0.05) is 24.3 Å². The average molecular weight is 215 g/mol. The Morgan fingerprint density at radius 2 is 2.38 bits per heavy atom. The summed E-state index contributed by atoms with van der Waals surface area (Å²) in [4.78, 5) is 7.49. The predicted octanol–water partition coefficient (Wildman–Crippen LogP) is 2.45. The van der Waals surface area contributed by atoms with E-state index in [1.807, 2.05) is 12.3 Å². The van der Waals surface area contributed by atoms with E-state index in [0.29, 0.717) is 0 Å². The Morgan fingerprint density at radius 3 is 3.19 bits per heavy atom. The van der Waals surface area contributed by atoms with Gasteiger partial charge in [0.15, 0.2) is 0 Å². The third-order valence-electron chi connectivity index (χ3n) is 3.51. The normalized spacial score (nSPS) is 16.5. The smallest absolute Gasteiger partial charge is 0.137 e. The molecule has 2 aromatic heterocycles. The molecule has 0 amide bonds. The second-order valence-electron chi connectivity index (χ2n) is 4.64. The van der Waals surface area contributed by atoms with Crippen LogP contribution in [0.4, 0.5) is 0 Å². The number of pyridine rings is 1. The van der Waals surface area contributed by atoms with E-state index in [4.69, 9.17) is 0 Å². The predicted molar refractivity (Wildman–Crippen MR) is 65.1 cm³/mol. The maximum Gasteiger partial charge on any atom is 0.137 e. The lowest BCUT2D eigenvalue weighted by atomic mass is 9.85. The number of aromatic amines is 1. The quantitative estimate of drug-likeness (QED) is 0.822. The van der Waals surface area contributed by atoms with Crippen LogP contribution in [-0.4, -0.2) is 16.5 Å². The third kappa shape index (κ3) is 1.83. The first kappa shape index (κ1) is 9.85. The average Bonchev–Trinajstić information content (AvgIpc) is 2.65. The van der Waals surface area contributed by atoms with Gasteiger partial charge in [0.2, 0.25) is 0 Å². The minimum Gasteiger partial charge on any atom is -0.346 e. The van der Waals surface area contributed by atoms with Crippen molar-refractivity contribution in [3.63, 3.8) is 0 Å². The molecule has 3 heteroatoms. The van der Waals surface area contributed by atoms with E-state index in [1.54, 1.807) is 0 Å². The van der Waals surface area contributed by atoms with Crippen LogP contribution in [-0.2, 0) is 6.54 Å². The summed E-state index contributed by atoms with van der Waals surface area (Å²) in [6.07, 6.45) is 8.12. The molecule has 0 saturated heterocycles. The lowest BCUT2D eigenvalue weighted by molar-refractivity contribution is 0.301. The lowest BCUT2D eigenvalue weighted by Gasteiger charge is -2.25. The number of hydrogen-bond donors (Lipinski definition) is 2. The third-order valence-corrected chi connectivity index (χ3v) is 3.51. The first-order valence-electron chi connectivity index (χ1n) is 6.05. The van der Waals surface area contributed by atoms with Gasteiger partial charge in [-0.15, -0.1) is 0 Å². The number of nitrogens with one attached hydrogen (secondary N) is 2. The number of H-pyrrole nitrogens is 1. The molecule has 0 aliphatic heterocycles. The molecule has 2 N–H and O–H groups in total. The van der Waals surface area contributed by atoms with E-state index in [9.17, 15) is 0 Å². The maximum absolute atomic E-state index is 4.29. The second kappa shape index (κ2) is 4.26. The molecule has 0 unspecified atom stereocenters. The summed E-state index contributed by atoms with van der Waals surface area (Å²) in [5, 5.41) is 4.77. The zero-order valence-corrected chi connectivity index (χ0v) is 9.37. The molecule has 1 fully saturated rings. The van der Waals surface area contributed by atoms with Crippen LogP contribution in [0, 0.1) is 5.92 Å². The van der Waals surface area contributed by atoms with Crippen molar-refractivity contribution in [3.8, 4) is 0 Å². The van der Waals surface area contributed by atoms with E-state index in [1.165, 1.54) is 30.2 Å². The van der Waals surface area contributed by atoms with E-state index in [0.717, 1.165) is 24.7 Å². The molecule has 0 bridgehead atoms. The summed E-state index contributed by atoms with van der Waals surface area (Å²) < 4.78 is 0. The van der Waals surface area contributed by atoms with Crippen molar-refractivity contribution >= 4 is 11.0 Å². The van der Waals surface area contributed by atoms with Crippen LogP contribution in [0.1, 0.15) is 24.8 Å². The molecule has 0 radical (unpaired) electrons. The van der Waals surface area contributed by atoms with Crippen molar-refractivity contribution in [1.82, 2.24) is 15.3 Å². The van der Waals surface area contributed by atoms with Gasteiger partial charge in [-0.3, -0.25) is 0 Å². The fourth-order valence-corrected chi connectivity index (χ4v) is 2.27. The Morgan fingerprint density at radius 1 is 1.44 bits per heavy atom. The Kier molecular flexibility index (Phi) is 2.62. The number of nitrogens with zero attached hydrogens (tertiary/aromatic N) is 1. The summed E-state index contributed by atoms with van der Waals surface area (Å²) >= 11 is 0. The van der Waals surface area contributed by atoms with Crippen LogP contribution in [0.3, 0.4) is 0 Å². The summed E-state index contributed by atoms with van der Waals surface area (Å²) in [5.41, 5.74) is 2.31. The molecule has 0 spiro atoms. The molecule has 1 aliphatic carbocycles. The van der Waals surface area contributed by atoms with Crippen molar-refractivity contribution in [1.29, 1.82) is 0 Å². The molecule has 84 valence electrons. The van der Waals surface area contributed by atoms with Gasteiger partial charge in [-0.2, -0.15) is 0 Å². The lowest BCUT2D eigenvalue weighted by Crippen LogP contribution is -2.26. The minimum atomic E-state index is 0.920. The fraction of sp³-hybridized carbons (Fsp3) is 0.462. The standard InChI is InChI=1S/C13H17N3/c1-3-10(4-1)7-14-8-11-9-16-13-12(11)5-2-6-15-13/h2,5-6,9-10,14H,1,3-4,7-8H2,(H,15,16). The second-order valence-corrected chi connectivity index (χ2v) is 4.64. The van der Waals surface area contributed by atoms with Crippen LogP contribution in [0.2, 0.25) is 0 Å². The molecule has 1 aliphatic rings. The highest BCUT2D eigenvalue weighted by Crippen LogP contribution is 2.25. The largest absolute Gasteiger partial charge is 0.346 e. The zero-order valence-electron chi connectivity index (χ0n) is 9.37. The highest BCUT2D eigenvalue weighted by Gasteiger charge is 2.16. The van der Waals surface area contributed by atoms with Crippen LogP contribution in [0.15, 0.2) is 24.5 Å². The van der Waals surface area contributed by atoms with Gasteiger partial charge in [-0.1, -0.05) is 6.42 Å². The zero-order chi connectivity index (χ0) is 10.8. The molecule has 2 aromatic rings. The Labute approximate surface area is 95.3 Å². The fourth-order valence-electron chi connectivity index (χ4n) is 2.27. The van der Waals surface area contributed by atoms with Gasteiger partial charge in [0.1, 0.15) is 5.65 Å². The van der Waals surface area contributed by atoms with Crippen molar-refractivity contribution in [2.24, 2.45) is 5.92 Å². The molecular weight excluding hydrogens is 198 g/mol. The Balaban J connectivity index is 1.64. The first-order chi connectivity index (χ1) is 7.93. The molecule has 16 heavy (non-hydrogen) atoms. The van der Waals surface area contributed by atoms with E-state index in [-0.39, 0.29) is 0 Å². The van der Waals surface area contributed by atoms with Crippen molar-refractivity contribution < 1.29 is 0 Å². The van der Waals surface area contributed by atoms with Gasteiger partial charge in [0.25, 0.3) is 0 Å². The highest BCUT2D eigenvalue weighted by atomic mass is 14.9. The highest BCUT2D eigenvalue weighted by molar-refractivity contribution is 5.79. The topological polar surface area (TPSA) is 40.7 Å². The Hall–Kier alpha value is -1.35. The van der Waals surface area contributed by atoms with E-state index < -0.39 is 0 Å². The maximum atomic E-state index is 4.29. The Bertz CT molecular complexity index is 471. The van der Waals surface area contributed by atoms with Crippen molar-refractivity contribution in [2.45, 2.75) is 25.8 Å².